The van der Waals surface area contributed by atoms with E-state index in [0.717, 1.165) is 35.1 Å². The molecule has 0 N–H and O–H groups in total. The molecule has 0 spiro atoms. The summed E-state index contributed by atoms with van der Waals surface area (Å²) in [6, 6.07) is 12.4. The highest BCUT2D eigenvalue weighted by Gasteiger charge is 2.53. The summed E-state index contributed by atoms with van der Waals surface area (Å²) in [7, 11) is 0. The van der Waals surface area contributed by atoms with Gasteiger partial charge in [-0.05, 0) is 55.3 Å². The molecular weight excluding hydrogens is 320 g/mol. The Labute approximate surface area is 156 Å². The Bertz CT molecular complexity index is 743. The van der Waals surface area contributed by atoms with Crippen LogP contribution < -0.4 is 4.90 Å². The fourth-order valence-corrected chi connectivity index (χ4v) is 6.09. The van der Waals surface area contributed by atoms with Crippen LogP contribution in [-0.2, 0) is 0 Å². The monoisotopic (exact) mass is 350 g/mol. The summed E-state index contributed by atoms with van der Waals surface area (Å²) in [5, 5.41) is 0. The molecular formula is C23H30N2O. The molecule has 2 saturated carbocycles. The van der Waals surface area contributed by atoms with Gasteiger partial charge in [0.2, 0.25) is 0 Å². The smallest absolute Gasteiger partial charge is 0.298 e. The molecule has 0 atom stereocenters. The molecule has 4 fully saturated rings. The molecule has 3 nitrogen and oxygen atoms in total. The summed E-state index contributed by atoms with van der Waals surface area (Å²) in [5.41, 5.74) is 1.56. The van der Waals surface area contributed by atoms with E-state index in [-0.39, 0.29) is 0 Å². The van der Waals surface area contributed by atoms with E-state index in [2.05, 4.69) is 54.9 Å². The van der Waals surface area contributed by atoms with Gasteiger partial charge in [0.1, 0.15) is 0 Å². The SMILES string of the molecule is CC(C)(C)CC1C2CC3CC1CC(C2)N3c1ncc(-c2ccccc2)o1. The lowest BCUT2D eigenvalue weighted by Crippen LogP contribution is -2.61. The van der Waals surface area contributed by atoms with Crippen LogP contribution in [0.15, 0.2) is 40.9 Å². The molecule has 138 valence electrons. The molecule has 0 unspecified atom stereocenters. The molecule has 2 saturated heterocycles. The summed E-state index contributed by atoms with van der Waals surface area (Å²) in [6.45, 7) is 7.22. The first-order valence-electron chi connectivity index (χ1n) is 10.3. The molecule has 0 amide bonds. The van der Waals surface area contributed by atoms with E-state index in [0.29, 0.717) is 17.5 Å². The van der Waals surface area contributed by atoms with Gasteiger partial charge in [-0.1, -0.05) is 51.1 Å². The fourth-order valence-electron chi connectivity index (χ4n) is 6.09. The van der Waals surface area contributed by atoms with E-state index in [4.69, 9.17) is 4.42 Å². The lowest BCUT2D eigenvalue weighted by molar-refractivity contribution is -0.00339. The van der Waals surface area contributed by atoms with Crippen LogP contribution in [0, 0.1) is 23.2 Å². The van der Waals surface area contributed by atoms with Gasteiger partial charge in [0.05, 0.1) is 6.20 Å². The second kappa shape index (κ2) is 5.87. The Balaban J connectivity index is 1.36. The molecule has 4 aliphatic rings. The first kappa shape index (κ1) is 16.4. The third kappa shape index (κ3) is 2.76. The third-order valence-corrected chi connectivity index (χ3v) is 6.92. The van der Waals surface area contributed by atoms with E-state index in [1.165, 1.54) is 32.1 Å². The summed E-state index contributed by atoms with van der Waals surface area (Å²) in [4.78, 5) is 7.21. The van der Waals surface area contributed by atoms with Crippen LogP contribution in [0.3, 0.4) is 0 Å². The van der Waals surface area contributed by atoms with E-state index in [1.54, 1.807) is 0 Å². The maximum Gasteiger partial charge on any atom is 0.298 e. The molecule has 2 aliphatic carbocycles. The lowest BCUT2D eigenvalue weighted by Gasteiger charge is -2.60. The largest absolute Gasteiger partial charge is 0.423 e. The van der Waals surface area contributed by atoms with Crippen LogP contribution >= 0.6 is 0 Å². The number of hydrogen-bond acceptors (Lipinski definition) is 3. The van der Waals surface area contributed by atoms with Crippen molar-refractivity contribution in [2.45, 2.75) is 65.0 Å². The maximum atomic E-state index is 6.22. The second-order valence-corrected chi connectivity index (χ2v) is 9.98. The van der Waals surface area contributed by atoms with Crippen LogP contribution in [0.5, 0.6) is 0 Å². The van der Waals surface area contributed by atoms with Crippen molar-refractivity contribution in [3.63, 3.8) is 0 Å². The first-order chi connectivity index (χ1) is 12.5. The van der Waals surface area contributed by atoms with Gasteiger partial charge in [0.15, 0.2) is 5.76 Å². The first-order valence-corrected chi connectivity index (χ1v) is 10.3. The van der Waals surface area contributed by atoms with Crippen molar-refractivity contribution in [1.82, 2.24) is 4.98 Å². The van der Waals surface area contributed by atoms with E-state index in [9.17, 15) is 0 Å². The number of anilines is 1. The van der Waals surface area contributed by atoms with Crippen molar-refractivity contribution in [2.24, 2.45) is 23.2 Å². The Morgan fingerprint density at radius 3 is 2.19 bits per heavy atom. The quantitative estimate of drug-likeness (QED) is 0.703. The van der Waals surface area contributed by atoms with Crippen molar-refractivity contribution in [3.8, 4) is 11.3 Å². The van der Waals surface area contributed by atoms with E-state index < -0.39 is 0 Å². The summed E-state index contributed by atoms with van der Waals surface area (Å²) < 4.78 is 6.22. The molecule has 6 rings (SSSR count). The number of aromatic nitrogens is 1. The van der Waals surface area contributed by atoms with Gasteiger partial charge in [-0.3, -0.25) is 0 Å². The number of hydrogen-bond donors (Lipinski definition) is 0. The van der Waals surface area contributed by atoms with E-state index >= 15 is 0 Å². The number of benzene rings is 1. The highest BCUT2D eigenvalue weighted by atomic mass is 16.4. The summed E-state index contributed by atoms with van der Waals surface area (Å²) in [5.74, 6) is 3.65. The maximum absolute atomic E-state index is 6.22. The third-order valence-electron chi connectivity index (χ3n) is 6.92. The standard InChI is InChI=1S/C23H30N2O/c1-23(2,3)13-20-16-9-18-11-17(20)12-19(10-16)25(18)22-24-14-21(26-22)15-7-5-4-6-8-15/h4-8,14,16-20H,9-13H2,1-3H3. The number of piperidine rings is 2. The number of nitrogens with zero attached hydrogens (tertiary/aromatic N) is 2. The number of oxazole rings is 1. The predicted molar refractivity (Wildman–Crippen MR) is 105 cm³/mol. The minimum absolute atomic E-state index is 0.451. The van der Waals surface area contributed by atoms with Gasteiger partial charge in [-0.2, -0.15) is 0 Å². The molecule has 4 bridgehead atoms. The van der Waals surface area contributed by atoms with Crippen molar-refractivity contribution in [2.75, 3.05) is 4.90 Å². The Hall–Kier alpha value is -1.77. The Morgan fingerprint density at radius 1 is 1.00 bits per heavy atom. The summed E-state index contributed by atoms with van der Waals surface area (Å²) in [6.07, 6.45) is 8.61. The van der Waals surface area contributed by atoms with Gasteiger partial charge in [-0.15, -0.1) is 0 Å². The molecule has 2 aromatic rings. The van der Waals surface area contributed by atoms with Crippen molar-refractivity contribution < 1.29 is 4.42 Å². The normalized spacial score (nSPS) is 33.0. The van der Waals surface area contributed by atoms with Gasteiger partial charge in [0, 0.05) is 17.6 Å². The summed E-state index contributed by atoms with van der Waals surface area (Å²) >= 11 is 0. The predicted octanol–water partition coefficient (Wildman–Crippen LogP) is 5.77. The highest BCUT2D eigenvalue weighted by molar-refractivity contribution is 5.57. The van der Waals surface area contributed by atoms with Crippen LogP contribution in [0.1, 0.15) is 52.9 Å². The lowest BCUT2D eigenvalue weighted by atomic mass is 9.55. The van der Waals surface area contributed by atoms with Gasteiger partial charge in [0.25, 0.3) is 6.01 Å². The number of rotatable bonds is 3. The van der Waals surface area contributed by atoms with Crippen LogP contribution in [0.25, 0.3) is 11.3 Å². The Kier molecular flexibility index (Phi) is 3.70. The molecule has 3 heteroatoms. The van der Waals surface area contributed by atoms with Gasteiger partial charge in [-0.25, -0.2) is 4.98 Å². The van der Waals surface area contributed by atoms with Crippen molar-refractivity contribution in [3.05, 3.63) is 36.5 Å². The van der Waals surface area contributed by atoms with Gasteiger partial charge < -0.3 is 9.32 Å². The average molecular weight is 351 g/mol. The zero-order chi connectivity index (χ0) is 17.9. The topological polar surface area (TPSA) is 29.3 Å². The van der Waals surface area contributed by atoms with Crippen LogP contribution in [0.4, 0.5) is 6.01 Å². The minimum Gasteiger partial charge on any atom is -0.423 e. The van der Waals surface area contributed by atoms with Crippen molar-refractivity contribution in [1.29, 1.82) is 0 Å². The molecule has 0 radical (unpaired) electrons. The zero-order valence-electron chi connectivity index (χ0n) is 16.2. The average Bonchev–Trinajstić information content (AvgIpc) is 3.07. The van der Waals surface area contributed by atoms with Crippen LogP contribution in [0.2, 0.25) is 0 Å². The second-order valence-electron chi connectivity index (χ2n) is 9.98. The molecule has 2 aliphatic heterocycles. The molecule has 26 heavy (non-hydrogen) atoms. The van der Waals surface area contributed by atoms with Crippen molar-refractivity contribution >= 4 is 6.01 Å². The van der Waals surface area contributed by atoms with Gasteiger partial charge >= 0.3 is 0 Å². The van der Waals surface area contributed by atoms with E-state index in [1.807, 2.05) is 12.3 Å². The molecule has 3 heterocycles. The zero-order valence-corrected chi connectivity index (χ0v) is 16.2. The fraction of sp³-hybridized carbons (Fsp3) is 0.609. The van der Waals surface area contributed by atoms with Crippen LogP contribution in [-0.4, -0.2) is 17.1 Å². The molecule has 1 aromatic heterocycles. The Morgan fingerprint density at radius 2 is 1.62 bits per heavy atom. The highest BCUT2D eigenvalue weighted by Crippen LogP contribution is 2.56. The molecule has 1 aromatic carbocycles. The minimum atomic E-state index is 0.451.